The molecule has 0 aromatic carbocycles. The van der Waals surface area contributed by atoms with E-state index in [0.29, 0.717) is 23.3 Å². The molecule has 0 saturated carbocycles. The second-order valence-electron chi connectivity index (χ2n) is 4.90. The fourth-order valence-corrected chi connectivity index (χ4v) is 1.96. The van der Waals surface area contributed by atoms with Crippen LogP contribution in [0.15, 0.2) is 10.6 Å². The molecule has 0 aliphatic heterocycles. The summed E-state index contributed by atoms with van der Waals surface area (Å²) in [6, 6.07) is 1.82. The summed E-state index contributed by atoms with van der Waals surface area (Å²) in [5.74, 6) is 2.32. The quantitative estimate of drug-likeness (QED) is 0.900. The molecule has 2 rings (SSSR count). The number of hydrogen-bond acceptors (Lipinski definition) is 5. The molecule has 18 heavy (non-hydrogen) atoms. The van der Waals surface area contributed by atoms with E-state index in [1.54, 1.807) is 0 Å². The first-order chi connectivity index (χ1) is 8.47. The molecule has 0 fully saturated rings. The molecule has 0 bridgehead atoms. The van der Waals surface area contributed by atoms with Gasteiger partial charge in [0.25, 0.3) is 0 Å². The predicted molar refractivity (Wildman–Crippen MR) is 70.0 cm³/mol. The molecule has 0 saturated heterocycles. The Balaban J connectivity index is 2.48. The molecular weight excluding hydrogens is 228 g/mol. The first kappa shape index (κ1) is 12.5. The van der Waals surface area contributed by atoms with Gasteiger partial charge in [0.1, 0.15) is 11.6 Å². The van der Waals surface area contributed by atoms with Gasteiger partial charge in [-0.2, -0.15) is 0 Å². The van der Waals surface area contributed by atoms with Crippen molar-refractivity contribution in [2.75, 3.05) is 5.73 Å². The van der Waals surface area contributed by atoms with Crippen molar-refractivity contribution in [2.24, 2.45) is 5.92 Å². The van der Waals surface area contributed by atoms with Crippen molar-refractivity contribution in [1.29, 1.82) is 0 Å². The SMILES string of the molecule is Cc1noc(C)c1-c1nc(N)cc(CC(C)C)n1. The maximum absolute atomic E-state index is 5.84. The normalized spacial score (nSPS) is 11.2. The van der Waals surface area contributed by atoms with Crippen LogP contribution in [0.25, 0.3) is 11.4 Å². The highest BCUT2D eigenvalue weighted by Gasteiger charge is 2.15. The first-order valence-corrected chi connectivity index (χ1v) is 6.04. The highest BCUT2D eigenvalue weighted by molar-refractivity contribution is 5.61. The summed E-state index contributed by atoms with van der Waals surface area (Å²) in [5.41, 5.74) is 8.42. The van der Waals surface area contributed by atoms with Gasteiger partial charge in [0.2, 0.25) is 0 Å². The van der Waals surface area contributed by atoms with Crippen LogP contribution in [0.1, 0.15) is 31.0 Å². The molecule has 0 aliphatic rings. The van der Waals surface area contributed by atoms with E-state index >= 15 is 0 Å². The van der Waals surface area contributed by atoms with Crippen LogP contribution in [0.5, 0.6) is 0 Å². The zero-order chi connectivity index (χ0) is 13.3. The average Bonchev–Trinajstić information content (AvgIpc) is 2.56. The Bertz CT molecular complexity index is 541. The Morgan fingerprint density at radius 2 is 2.00 bits per heavy atom. The van der Waals surface area contributed by atoms with E-state index in [9.17, 15) is 0 Å². The number of nitrogens with two attached hydrogens (primary N) is 1. The summed E-state index contributed by atoms with van der Waals surface area (Å²) < 4.78 is 5.14. The van der Waals surface area contributed by atoms with Crippen molar-refractivity contribution in [3.63, 3.8) is 0 Å². The van der Waals surface area contributed by atoms with Gasteiger partial charge in [-0.15, -0.1) is 0 Å². The lowest BCUT2D eigenvalue weighted by atomic mass is 10.1. The highest BCUT2D eigenvalue weighted by Crippen LogP contribution is 2.24. The number of anilines is 1. The third kappa shape index (κ3) is 2.50. The summed E-state index contributed by atoms with van der Waals surface area (Å²) in [4.78, 5) is 8.82. The molecule has 0 unspecified atom stereocenters. The fraction of sp³-hybridized carbons (Fsp3) is 0.462. The lowest BCUT2D eigenvalue weighted by Gasteiger charge is -2.07. The lowest BCUT2D eigenvalue weighted by Crippen LogP contribution is -2.04. The third-order valence-corrected chi connectivity index (χ3v) is 2.67. The minimum absolute atomic E-state index is 0.482. The van der Waals surface area contributed by atoms with Crippen LogP contribution in [0.2, 0.25) is 0 Å². The molecule has 2 heterocycles. The Hall–Kier alpha value is -1.91. The Labute approximate surface area is 106 Å². The largest absolute Gasteiger partial charge is 0.384 e. The van der Waals surface area contributed by atoms with E-state index in [1.165, 1.54) is 0 Å². The van der Waals surface area contributed by atoms with Crippen molar-refractivity contribution in [1.82, 2.24) is 15.1 Å². The van der Waals surface area contributed by atoms with E-state index in [1.807, 2.05) is 19.9 Å². The Morgan fingerprint density at radius 3 is 2.56 bits per heavy atom. The monoisotopic (exact) mass is 246 g/mol. The Kier molecular flexibility index (Phi) is 3.32. The second-order valence-corrected chi connectivity index (χ2v) is 4.90. The number of nitrogen functional groups attached to an aromatic ring is 1. The van der Waals surface area contributed by atoms with E-state index in [-0.39, 0.29) is 0 Å². The van der Waals surface area contributed by atoms with Gasteiger partial charge < -0.3 is 10.3 Å². The topological polar surface area (TPSA) is 77.8 Å². The van der Waals surface area contributed by atoms with Gasteiger partial charge in [-0.05, 0) is 26.2 Å². The van der Waals surface area contributed by atoms with Crippen molar-refractivity contribution in [2.45, 2.75) is 34.1 Å². The molecule has 0 spiro atoms. The molecule has 2 aromatic heterocycles. The number of rotatable bonds is 3. The molecule has 2 N–H and O–H groups in total. The molecule has 0 radical (unpaired) electrons. The first-order valence-electron chi connectivity index (χ1n) is 6.04. The van der Waals surface area contributed by atoms with Crippen LogP contribution in [0, 0.1) is 19.8 Å². The van der Waals surface area contributed by atoms with Crippen molar-refractivity contribution >= 4 is 5.82 Å². The minimum atomic E-state index is 0.482. The lowest BCUT2D eigenvalue weighted by molar-refractivity contribution is 0.393. The second kappa shape index (κ2) is 4.76. The van der Waals surface area contributed by atoms with Crippen LogP contribution < -0.4 is 5.73 Å². The Morgan fingerprint density at radius 1 is 1.28 bits per heavy atom. The van der Waals surface area contributed by atoms with Gasteiger partial charge >= 0.3 is 0 Å². The van der Waals surface area contributed by atoms with Crippen molar-refractivity contribution in [3.05, 3.63) is 23.2 Å². The van der Waals surface area contributed by atoms with E-state index in [0.717, 1.165) is 23.4 Å². The van der Waals surface area contributed by atoms with E-state index < -0.39 is 0 Å². The van der Waals surface area contributed by atoms with Crippen molar-refractivity contribution < 1.29 is 4.52 Å². The van der Waals surface area contributed by atoms with Crippen molar-refractivity contribution in [3.8, 4) is 11.4 Å². The van der Waals surface area contributed by atoms with Gasteiger partial charge in [-0.1, -0.05) is 19.0 Å². The maximum Gasteiger partial charge on any atom is 0.167 e. The molecule has 0 amide bonds. The molecule has 96 valence electrons. The maximum atomic E-state index is 5.84. The predicted octanol–water partition coefficient (Wildman–Crippen LogP) is 2.53. The third-order valence-electron chi connectivity index (χ3n) is 2.67. The minimum Gasteiger partial charge on any atom is -0.384 e. The van der Waals surface area contributed by atoms with E-state index in [2.05, 4.69) is 29.0 Å². The summed E-state index contributed by atoms with van der Waals surface area (Å²) in [6.45, 7) is 8.02. The molecular formula is C13H18N4O. The zero-order valence-electron chi connectivity index (χ0n) is 11.2. The summed E-state index contributed by atoms with van der Waals surface area (Å²) in [6.07, 6.45) is 0.878. The highest BCUT2D eigenvalue weighted by atomic mass is 16.5. The number of aryl methyl sites for hydroxylation is 2. The standard InChI is InChI=1S/C13H18N4O/c1-7(2)5-10-6-11(14)16-13(15-10)12-8(3)17-18-9(12)4/h6-7H,5H2,1-4H3,(H2,14,15,16). The van der Waals surface area contributed by atoms with Gasteiger partial charge in [0, 0.05) is 11.8 Å². The van der Waals surface area contributed by atoms with Gasteiger partial charge in [0.05, 0.1) is 11.3 Å². The smallest absolute Gasteiger partial charge is 0.167 e. The van der Waals surface area contributed by atoms with Crippen LogP contribution in [0.3, 0.4) is 0 Å². The molecule has 5 nitrogen and oxygen atoms in total. The molecule has 0 atom stereocenters. The van der Waals surface area contributed by atoms with E-state index in [4.69, 9.17) is 10.3 Å². The molecule has 2 aromatic rings. The summed E-state index contributed by atoms with van der Waals surface area (Å²) in [5, 5.41) is 3.92. The zero-order valence-corrected chi connectivity index (χ0v) is 11.2. The number of hydrogen-bond donors (Lipinski definition) is 1. The number of aromatic nitrogens is 3. The van der Waals surface area contributed by atoms with Crippen LogP contribution >= 0.6 is 0 Å². The number of nitrogens with zero attached hydrogens (tertiary/aromatic N) is 3. The van der Waals surface area contributed by atoms with Crippen LogP contribution in [-0.2, 0) is 6.42 Å². The fourth-order valence-electron chi connectivity index (χ4n) is 1.96. The van der Waals surface area contributed by atoms with Gasteiger partial charge in [-0.3, -0.25) is 0 Å². The molecule has 5 heteroatoms. The van der Waals surface area contributed by atoms with Gasteiger partial charge in [-0.25, -0.2) is 9.97 Å². The summed E-state index contributed by atoms with van der Waals surface area (Å²) >= 11 is 0. The summed E-state index contributed by atoms with van der Waals surface area (Å²) in [7, 11) is 0. The van der Waals surface area contributed by atoms with Crippen LogP contribution in [0.4, 0.5) is 5.82 Å². The molecule has 0 aliphatic carbocycles. The van der Waals surface area contributed by atoms with Crippen LogP contribution in [-0.4, -0.2) is 15.1 Å². The average molecular weight is 246 g/mol. The van der Waals surface area contributed by atoms with Gasteiger partial charge in [0.15, 0.2) is 5.82 Å².